The normalized spacial score (nSPS) is 15.3. The van der Waals surface area contributed by atoms with E-state index in [0.29, 0.717) is 34.0 Å². The fourth-order valence-electron chi connectivity index (χ4n) is 3.42. The number of hydrogen-bond donors (Lipinski definition) is 1. The molecule has 0 aliphatic carbocycles. The number of sulfonamides is 1. The van der Waals surface area contributed by atoms with Gasteiger partial charge in [-0.25, -0.2) is 18.4 Å². The number of amides is 1. The van der Waals surface area contributed by atoms with Crippen LogP contribution in [0.2, 0.25) is 0 Å². The second-order valence-corrected chi connectivity index (χ2v) is 9.79. The number of benzene rings is 1. The van der Waals surface area contributed by atoms with E-state index in [-0.39, 0.29) is 10.8 Å². The molecule has 4 aromatic rings. The molecule has 148 valence electrons. The summed E-state index contributed by atoms with van der Waals surface area (Å²) in [6, 6.07) is 8.36. The van der Waals surface area contributed by atoms with Crippen LogP contribution in [-0.2, 0) is 10.0 Å². The van der Waals surface area contributed by atoms with Crippen LogP contribution in [-0.4, -0.2) is 46.1 Å². The van der Waals surface area contributed by atoms with Gasteiger partial charge in [-0.05, 0) is 43.2 Å². The maximum atomic E-state index is 12.8. The zero-order valence-electron chi connectivity index (χ0n) is 15.3. The van der Waals surface area contributed by atoms with E-state index in [4.69, 9.17) is 0 Å². The van der Waals surface area contributed by atoms with Crippen LogP contribution in [0.4, 0.5) is 5.13 Å². The highest BCUT2D eigenvalue weighted by Crippen LogP contribution is 2.30. The third kappa shape index (κ3) is 3.28. The van der Waals surface area contributed by atoms with Crippen molar-refractivity contribution in [1.82, 2.24) is 18.7 Å². The van der Waals surface area contributed by atoms with Crippen molar-refractivity contribution in [3.8, 4) is 0 Å². The van der Waals surface area contributed by atoms with Crippen molar-refractivity contribution in [3.63, 3.8) is 0 Å². The molecule has 0 radical (unpaired) electrons. The lowest BCUT2D eigenvalue weighted by atomic mass is 10.2. The van der Waals surface area contributed by atoms with E-state index in [1.165, 1.54) is 15.6 Å². The zero-order valence-corrected chi connectivity index (χ0v) is 16.9. The highest BCUT2D eigenvalue weighted by Gasteiger charge is 2.27. The number of nitrogens with one attached hydrogen (secondary N) is 1. The molecule has 0 unspecified atom stereocenters. The maximum Gasteiger partial charge on any atom is 0.258 e. The predicted molar refractivity (Wildman–Crippen MR) is 111 cm³/mol. The minimum Gasteiger partial charge on any atom is -0.306 e. The molecular weight excluding hydrogens is 410 g/mol. The van der Waals surface area contributed by atoms with Crippen LogP contribution in [0.25, 0.3) is 15.9 Å². The van der Waals surface area contributed by atoms with Crippen LogP contribution in [0, 0.1) is 0 Å². The van der Waals surface area contributed by atoms with Crippen molar-refractivity contribution in [2.45, 2.75) is 17.7 Å². The topological polar surface area (TPSA) is 96.7 Å². The molecule has 0 atom stereocenters. The van der Waals surface area contributed by atoms with E-state index in [9.17, 15) is 13.2 Å². The third-order valence-electron chi connectivity index (χ3n) is 4.93. The van der Waals surface area contributed by atoms with Crippen molar-refractivity contribution in [3.05, 3.63) is 54.5 Å². The molecule has 8 nitrogen and oxygen atoms in total. The first-order chi connectivity index (χ1) is 14.0. The Bertz CT molecular complexity index is 1340. The fourth-order valence-corrected chi connectivity index (χ4v) is 5.94. The summed E-state index contributed by atoms with van der Waals surface area (Å²) in [6.07, 6.45) is 6.92. The van der Waals surface area contributed by atoms with Gasteiger partial charge in [0.2, 0.25) is 10.0 Å². The molecule has 0 saturated carbocycles. The number of rotatable bonds is 4. The van der Waals surface area contributed by atoms with Gasteiger partial charge < -0.3 is 4.40 Å². The van der Waals surface area contributed by atoms with Crippen molar-refractivity contribution in [2.75, 3.05) is 18.4 Å². The second kappa shape index (κ2) is 6.90. The Morgan fingerprint density at radius 2 is 1.97 bits per heavy atom. The monoisotopic (exact) mass is 427 g/mol. The number of carbonyl (C=O) groups excluding carboxylic acids is 1. The summed E-state index contributed by atoms with van der Waals surface area (Å²) < 4.78 is 29.5. The van der Waals surface area contributed by atoms with Gasteiger partial charge in [-0.3, -0.25) is 10.1 Å². The quantitative estimate of drug-likeness (QED) is 0.540. The number of imidazole rings is 1. The number of anilines is 1. The number of fused-ring (bicyclic) bond motifs is 2. The van der Waals surface area contributed by atoms with E-state index in [0.717, 1.165) is 18.5 Å². The summed E-state index contributed by atoms with van der Waals surface area (Å²) in [5.41, 5.74) is 1.89. The molecular formula is C19H17N5O3S2. The number of thiazole rings is 1. The lowest BCUT2D eigenvalue weighted by Crippen LogP contribution is -2.27. The average Bonchev–Trinajstić information content (AvgIpc) is 3.45. The van der Waals surface area contributed by atoms with E-state index in [1.807, 2.05) is 0 Å². The van der Waals surface area contributed by atoms with Crippen molar-refractivity contribution < 1.29 is 13.2 Å². The van der Waals surface area contributed by atoms with Crippen LogP contribution in [0.5, 0.6) is 0 Å². The van der Waals surface area contributed by atoms with Crippen LogP contribution in [0.1, 0.15) is 23.2 Å². The molecule has 29 heavy (non-hydrogen) atoms. The molecule has 1 aliphatic rings. The Balaban J connectivity index is 1.41. The molecule has 10 heteroatoms. The molecule has 1 fully saturated rings. The SMILES string of the molecule is O=C(Nc1nc2ccc(S(=O)(=O)N3CCCC3)cc2s1)c1ccc2nccn2c1. The molecule has 0 bridgehead atoms. The minimum absolute atomic E-state index is 0.263. The summed E-state index contributed by atoms with van der Waals surface area (Å²) in [4.78, 5) is 21.4. The maximum absolute atomic E-state index is 12.8. The van der Waals surface area contributed by atoms with E-state index >= 15 is 0 Å². The third-order valence-corrected chi connectivity index (χ3v) is 7.76. The Morgan fingerprint density at radius 3 is 2.79 bits per heavy atom. The van der Waals surface area contributed by atoms with Crippen LogP contribution >= 0.6 is 11.3 Å². The van der Waals surface area contributed by atoms with Crippen LogP contribution in [0.3, 0.4) is 0 Å². The molecule has 5 rings (SSSR count). The highest BCUT2D eigenvalue weighted by molar-refractivity contribution is 7.89. The van der Waals surface area contributed by atoms with Crippen LogP contribution in [0.15, 0.2) is 53.8 Å². The van der Waals surface area contributed by atoms with Gasteiger partial charge in [-0.1, -0.05) is 11.3 Å². The first-order valence-electron chi connectivity index (χ1n) is 9.15. The minimum atomic E-state index is -3.49. The number of carbonyl (C=O) groups is 1. The Morgan fingerprint density at radius 1 is 1.14 bits per heavy atom. The molecule has 1 aromatic carbocycles. The summed E-state index contributed by atoms with van der Waals surface area (Å²) in [6.45, 7) is 1.12. The van der Waals surface area contributed by atoms with Crippen LogP contribution < -0.4 is 5.32 Å². The smallest absolute Gasteiger partial charge is 0.258 e. The standard InChI is InChI=1S/C19H17N5O3S2/c25-18(13-3-6-17-20-7-10-23(17)12-13)22-19-21-15-5-4-14(11-16(15)28-19)29(26,27)24-8-1-2-9-24/h3-7,10-12H,1-2,8-9H2,(H,21,22,25). The summed E-state index contributed by atoms with van der Waals surface area (Å²) >= 11 is 1.25. The van der Waals surface area contributed by atoms with Gasteiger partial charge >= 0.3 is 0 Å². The van der Waals surface area contributed by atoms with Gasteiger partial charge in [0.05, 0.1) is 20.7 Å². The van der Waals surface area contributed by atoms with Gasteiger partial charge in [-0.2, -0.15) is 4.31 Å². The van der Waals surface area contributed by atoms with Gasteiger partial charge in [0.15, 0.2) is 5.13 Å². The van der Waals surface area contributed by atoms with Gasteiger partial charge in [0.1, 0.15) is 5.65 Å². The first kappa shape index (κ1) is 18.2. The molecule has 1 amide bonds. The molecule has 1 saturated heterocycles. The lowest BCUT2D eigenvalue weighted by molar-refractivity contribution is 0.102. The van der Waals surface area contributed by atoms with E-state index < -0.39 is 10.0 Å². The second-order valence-electron chi connectivity index (χ2n) is 6.82. The molecule has 0 spiro atoms. The number of hydrogen-bond acceptors (Lipinski definition) is 6. The highest BCUT2D eigenvalue weighted by atomic mass is 32.2. The van der Waals surface area contributed by atoms with Gasteiger partial charge in [0, 0.05) is 31.7 Å². The van der Waals surface area contributed by atoms with Crippen molar-refractivity contribution >= 4 is 48.3 Å². The molecule has 4 heterocycles. The molecule has 1 aliphatic heterocycles. The Hall–Kier alpha value is -2.82. The predicted octanol–water partition coefficient (Wildman–Crippen LogP) is 2.98. The lowest BCUT2D eigenvalue weighted by Gasteiger charge is -2.15. The summed E-state index contributed by atoms with van der Waals surface area (Å²) in [5.74, 6) is -0.287. The number of pyridine rings is 1. The summed E-state index contributed by atoms with van der Waals surface area (Å²) in [7, 11) is -3.49. The largest absolute Gasteiger partial charge is 0.306 e. The average molecular weight is 428 g/mol. The molecule has 3 aromatic heterocycles. The van der Waals surface area contributed by atoms with E-state index in [1.54, 1.807) is 53.3 Å². The zero-order chi connectivity index (χ0) is 20.0. The summed E-state index contributed by atoms with van der Waals surface area (Å²) in [5, 5.41) is 3.22. The first-order valence-corrected chi connectivity index (χ1v) is 11.4. The fraction of sp³-hybridized carbons (Fsp3) is 0.211. The van der Waals surface area contributed by atoms with Crippen molar-refractivity contribution in [1.29, 1.82) is 0 Å². The van der Waals surface area contributed by atoms with Crippen molar-refractivity contribution in [2.24, 2.45) is 0 Å². The number of aromatic nitrogens is 3. The Kier molecular flexibility index (Phi) is 4.34. The van der Waals surface area contributed by atoms with Gasteiger partial charge in [0.25, 0.3) is 5.91 Å². The van der Waals surface area contributed by atoms with E-state index in [2.05, 4.69) is 15.3 Å². The Labute approximate surface area is 170 Å². The number of nitrogens with zero attached hydrogens (tertiary/aromatic N) is 4. The molecule has 1 N–H and O–H groups in total. The van der Waals surface area contributed by atoms with Gasteiger partial charge in [-0.15, -0.1) is 0 Å².